The first-order valence-electron chi connectivity index (χ1n) is 18.4. The van der Waals surface area contributed by atoms with E-state index in [0.29, 0.717) is 34.4 Å². The quantitative estimate of drug-likeness (QED) is 0.154. The van der Waals surface area contributed by atoms with Gasteiger partial charge in [0.2, 0.25) is 0 Å². The fourth-order valence-corrected chi connectivity index (χ4v) is 7.69. The second-order valence-electron chi connectivity index (χ2n) is 16.4. The first kappa shape index (κ1) is 35.8. The third kappa shape index (κ3) is 6.97. The molecule has 52 heavy (non-hydrogen) atoms. The third-order valence-corrected chi connectivity index (χ3v) is 10.3. The highest BCUT2D eigenvalue weighted by atomic mass is 19.1. The zero-order valence-electron chi connectivity index (χ0n) is 31.9. The van der Waals surface area contributed by atoms with Gasteiger partial charge in [0.15, 0.2) is 17.5 Å². The number of anilines is 2. The van der Waals surface area contributed by atoms with E-state index in [1.807, 2.05) is 41.5 Å². The number of carbonyl (C=O) groups excluding carboxylic acids is 1. The maximum absolute atomic E-state index is 14.1. The monoisotopic (exact) mass is 707 g/mol. The van der Waals surface area contributed by atoms with Gasteiger partial charge >= 0.3 is 5.97 Å². The number of halogens is 1. The molecule has 3 aromatic heterocycles. The van der Waals surface area contributed by atoms with Crippen molar-refractivity contribution in [2.45, 2.75) is 106 Å². The summed E-state index contributed by atoms with van der Waals surface area (Å²) in [5, 5.41) is 0.642. The maximum Gasteiger partial charge on any atom is 0.340 e. The number of nitrogens with zero attached hydrogens (tertiary/aromatic N) is 5. The molecule has 2 aromatic carbocycles. The number of rotatable bonds is 7. The number of benzene rings is 2. The lowest BCUT2D eigenvalue weighted by Crippen LogP contribution is -2.39. The Hall–Kier alpha value is -4.57. The zero-order valence-corrected chi connectivity index (χ0v) is 31.9. The van der Waals surface area contributed by atoms with Gasteiger partial charge in [0.25, 0.3) is 0 Å². The summed E-state index contributed by atoms with van der Waals surface area (Å²) in [4.78, 5) is 32.7. The van der Waals surface area contributed by atoms with Crippen LogP contribution in [0.25, 0.3) is 33.2 Å². The number of hydrogen-bond donors (Lipinski definition) is 0. The Bertz CT molecular complexity index is 2160. The lowest BCUT2D eigenvalue weighted by Gasteiger charge is -2.41. The first-order chi connectivity index (χ1) is 24.6. The van der Waals surface area contributed by atoms with Gasteiger partial charge < -0.3 is 23.7 Å². The van der Waals surface area contributed by atoms with Crippen molar-refractivity contribution >= 4 is 39.5 Å². The molecule has 0 amide bonds. The van der Waals surface area contributed by atoms with Gasteiger partial charge in [0.05, 0.1) is 17.4 Å². The molecule has 7 rings (SSSR count). The summed E-state index contributed by atoms with van der Waals surface area (Å²) < 4.78 is 32.7. The molecule has 1 fully saturated rings. The molecule has 5 heterocycles. The van der Waals surface area contributed by atoms with Crippen LogP contribution in [0.3, 0.4) is 0 Å². The Labute approximate surface area is 305 Å². The summed E-state index contributed by atoms with van der Waals surface area (Å²) in [6.45, 7) is 21.4. The fourth-order valence-electron chi connectivity index (χ4n) is 7.69. The molecule has 0 unspecified atom stereocenters. The van der Waals surface area contributed by atoms with Gasteiger partial charge in [0, 0.05) is 54.1 Å². The molecule has 0 spiro atoms. The second-order valence-corrected chi connectivity index (χ2v) is 16.4. The SMILES string of the molecule is Cc1nc(C)c([C@H](OC(C)(C)C)C(=O)OC(C)C)c(N2CCC(C)(C)CC2)c1-c1ccc2c(c1)CCN(c1ncnc3c1oc1ccc(F)cc13)C2. The summed E-state index contributed by atoms with van der Waals surface area (Å²) in [6, 6.07) is 11.2. The Morgan fingerprint density at radius 3 is 2.42 bits per heavy atom. The van der Waals surface area contributed by atoms with Gasteiger partial charge in [-0.05, 0) is 108 Å². The van der Waals surface area contributed by atoms with Crippen LogP contribution in [0.4, 0.5) is 15.9 Å². The minimum absolute atomic E-state index is 0.233. The van der Waals surface area contributed by atoms with Crippen molar-refractivity contribution in [1.82, 2.24) is 15.0 Å². The number of aryl methyl sites for hydroxylation is 2. The summed E-state index contributed by atoms with van der Waals surface area (Å²) in [7, 11) is 0. The van der Waals surface area contributed by atoms with E-state index in [1.165, 1.54) is 29.6 Å². The van der Waals surface area contributed by atoms with Crippen molar-refractivity contribution < 1.29 is 23.1 Å². The lowest BCUT2D eigenvalue weighted by atomic mass is 9.81. The van der Waals surface area contributed by atoms with Crippen LogP contribution in [-0.4, -0.2) is 52.3 Å². The zero-order chi connectivity index (χ0) is 37.1. The van der Waals surface area contributed by atoms with E-state index in [-0.39, 0.29) is 17.3 Å². The van der Waals surface area contributed by atoms with Crippen LogP contribution >= 0.6 is 0 Å². The van der Waals surface area contributed by atoms with Gasteiger partial charge in [0.1, 0.15) is 23.2 Å². The van der Waals surface area contributed by atoms with Crippen LogP contribution in [0, 0.1) is 25.1 Å². The molecule has 0 aliphatic carbocycles. The van der Waals surface area contributed by atoms with Gasteiger partial charge in [-0.25, -0.2) is 19.2 Å². The minimum atomic E-state index is -0.940. The maximum atomic E-state index is 14.1. The van der Waals surface area contributed by atoms with Crippen molar-refractivity contribution in [2.75, 3.05) is 29.4 Å². The highest BCUT2D eigenvalue weighted by Crippen LogP contribution is 2.46. The summed E-state index contributed by atoms with van der Waals surface area (Å²) >= 11 is 0. The normalized spacial score (nSPS) is 16.8. The third-order valence-electron chi connectivity index (χ3n) is 10.3. The van der Waals surface area contributed by atoms with E-state index in [9.17, 15) is 9.18 Å². The fraction of sp³-hybridized carbons (Fsp3) is 0.476. The molecule has 0 saturated carbocycles. The molecular weight excluding hydrogens is 657 g/mol. The predicted octanol–water partition coefficient (Wildman–Crippen LogP) is 9.19. The van der Waals surface area contributed by atoms with Crippen LogP contribution in [0.5, 0.6) is 0 Å². The smallest absolute Gasteiger partial charge is 0.340 e. The summed E-state index contributed by atoms with van der Waals surface area (Å²) in [6.07, 6.45) is 3.15. The topological polar surface area (TPSA) is 93.8 Å². The number of piperidine rings is 1. The first-order valence-corrected chi connectivity index (χ1v) is 18.4. The predicted molar refractivity (Wildman–Crippen MR) is 203 cm³/mol. The Balaban J connectivity index is 1.31. The van der Waals surface area contributed by atoms with Crippen molar-refractivity contribution in [1.29, 1.82) is 0 Å². The van der Waals surface area contributed by atoms with E-state index < -0.39 is 17.7 Å². The Morgan fingerprint density at radius 1 is 0.962 bits per heavy atom. The van der Waals surface area contributed by atoms with Crippen LogP contribution in [0.15, 0.2) is 47.1 Å². The van der Waals surface area contributed by atoms with E-state index in [2.05, 4.69) is 58.7 Å². The Morgan fingerprint density at radius 2 is 1.71 bits per heavy atom. The largest absolute Gasteiger partial charge is 0.461 e. The molecule has 10 heteroatoms. The molecule has 9 nitrogen and oxygen atoms in total. The molecule has 2 aliphatic rings. The molecule has 0 radical (unpaired) electrons. The summed E-state index contributed by atoms with van der Waals surface area (Å²) in [5.74, 6) is -0.0283. The number of esters is 1. The number of carbonyl (C=O) groups is 1. The molecule has 1 saturated heterocycles. The van der Waals surface area contributed by atoms with Crippen molar-refractivity contribution in [3.63, 3.8) is 0 Å². The second kappa shape index (κ2) is 13.4. The molecule has 5 aromatic rings. The van der Waals surface area contributed by atoms with Crippen LogP contribution < -0.4 is 9.80 Å². The molecule has 274 valence electrons. The van der Waals surface area contributed by atoms with E-state index in [0.717, 1.165) is 72.7 Å². The molecule has 2 aliphatic heterocycles. The highest BCUT2D eigenvalue weighted by Gasteiger charge is 2.38. The van der Waals surface area contributed by atoms with Gasteiger partial charge in [-0.1, -0.05) is 32.0 Å². The Kier molecular flexibility index (Phi) is 9.26. The number of fused-ring (bicyclic) bond motifs is 4. The minimum Gasteiger partial charge on any atom is -0.461 e. The van der Waals surface area contributed by atoms with Gasteiger partial charge in [-0.15, -0.1) is 0 Å². The van der Waals surface area contributed by atoms with Crippen LogP contribution in [-0.2, 0) is 27.2 Å². The number of pyridine rings is 1. The average Bonchev–Trinajstić information content (AvgIpc) is 3.44. The number of ether oxygens (including phenoxy) is 2. The van der Waals surface area contributed by atoms with E-state index >= 15 is 0 Å². The average molecular weight is 708 g/mol. The van der Waals surface area contributed by atoms with Crippen molar-refractivity contribution in [3.8, 4) is 11.1 Å². The van der Waals surface area contributed by atoms with E-state index in [4.69, 9.17) is 18.9 Å². The van der Waals surface area contributed by atoms with Gasteiger partial charge in [-0.2, -0.15) is 0 Å². The molecule has 0 N–H and O–H groups in total. The van der Waals surface area contributed by atoms with Crippen LogP contribution in [0.1, 0.15) is 95.5 Å². The number of hydrogen-bond acceptors (Lipinski definition) is 9. The van der Waals surface area contributed by atoms with E-state index in [1.54, 1.807) is 6.07 Å². The molecular formula is C42H50FN5O4. The van der Waals surface area contributed by atoms with Crippen molar-refractivity contribution in [3.05, 3.63) is 76.6 Å². The van der Waals surface area contributed by atoms with Gasteiger partial charge in [-0.3, -0.25) is 4.98 Å². The highest BCUT2D eigenvalue weighted by molar-refractivity contribution is 6.05. The number of furan rings is 1. The molecule has 1 atom stereocenters. The number of aromatic nitrogens is 3. The van der Waals surface area contributed by atoms with Crippen molar-refractivity contribution in [2.24, 2.45) is 5.41 Å². The van der Waals surface area contributed by atoms with Crippen LogP contribution in [0.2, 0.25) is 0 Å². The molecule has 0 bridgehead atoms. The summed E-state index contributed by atoms with van der Waals surface area (Å²) in [5.41, 5.74) is 9.39. The lowest BCUT2D eigenvalue weighted by molar-refractivity contribution is -0.171. The standard InChI is InChI=1S/C42H50FN5O4/c1-24(2)50-40(49)37(52-41(5,6)7)34-26(4)46-25(3)33(36(34)47-18-15-42(8,9)16-19-47)28-10-11-29-22-48(17-14-27(29)20-28)39-38-35(44-23-45-39)31-21-30(43)12-13-32(31)51-38/h10-13,20-21,23-24,37H,14-19,22H2,1-9H3/t37-/m0/s1.